The summed E-state index contributed by atoms with van der Waals surface area (Å²) in [5.74, 6) is 0.509. The number of halogens is 2. The van der Waals surface area contributed by atoms with Gasteiger partial charge in [-0.25, -0.2) is 0 Å². The molecule has 0 heterocycles. The molecule has 0 aliphatic heterocycles. The number of hydrogen-bond acceptors (Lipinski definition) is 0. The van der Waals surface area contributed by atoms with Gasteiger partial charge in [-0.1, -0.05) is 17.7 Å². The molecule has 0 aromatic heterocycles. The Balaban J connectivity index is 3.14. The van der Waals surface area contributed by atoms with Gasteiger partial charge in [-0.3, -0.25) is 0 Å². The van der Waals surface area contributed by atoms with Crippen molar-refractivity contribution in [1.29, 1.82) is 0 Å². The van der Waals surface area contributed by atoms with Gasteiger partial charge in [-0.15, -0.1) is 11.6 Å². The lowest BCUT2D eigenvalue weighted by atomic mass is 10.6. The van der Waals surface area contributed by atoms with Gasteiger partial charge >= 0.3 is 0 Å². The van der Waals surface area contributed by atoms with E-state index < -0.39 is 0 Å². The van der Waals surface area contributed by atoms with Crippen molar-refractivity contribution >= 4 is 23.2 Å². The Morgan fingerprint density at radius 3 is 2.33 bits per heavy atom. The van der Waals surface area contributed by atoms with Crippen molar-refractivity contribution < 1.29 is 0 Å². The molecule has 0 aromatic rings. The minimum Gasteiger partial charge on any atom is -0.122 e. The third-order valence-electron chi connectivity index (χ3n) is 0.358. The summed E-state index contributed by atoms with van der Waals surface area (Å²) in [6.07, 6.45) is 1.74. The van der Waals surface area contributed by atoms with Crippen LogP contribution in [0, 0.1) is 0 Å². The standard InChI is InChI=1S/C4H6Cl2/c1-4(6)2-3-5/h2H,3H2,1H3/b4-2+. The van der Waals surface area contributed by atoms with Gasteiger partial charge in [0.1, 0.15) is 0 Å². The second-order valence-corrected chi connectivity index (χ2v) is 1.85. The molecule has 0 aliphatic rings. The predicted octanol–water partition coefficient (Wildman–Crippen LogP) is 2.37. The van der Waals surface area contributed by atoms with Crippen LogP contribution in [-0.2, 0) is 0 Å². The molecule has 0 bridgehead atoms. The summed E-state index contributed by atoms with van der Waals surface area (Å²) in [7, 11) is 0. The zero-order valence-electron chi connectivity index (χ0n) is 3.54. The van der Waals surface area contributed by atoms with Crippen LogP contribution in [0.15, 0.2) is 11.1 Å². The van der Waals surface area contributed by atoms with E-state index in [0.29, 0.717) is 5.88 Å². The molecule has 2 heteroatoms. The fourth-order valence-corrected chi connectivity index (χ4v) is 0.494. The number of alkyl halides is 1. The molecule has 0 aliphatic carbocycles. The molecule has 0 nitrogen and oxygen atoms in total. The smallest absolute Gasteiger partial charge is 0.0418 e. The maximum Gasteiger partial charge on any atom is 0.0418 e. The number of allylic oxidation sites excluding steroid dienone is 2. The van der Waals surface area contributed by atoms with Crippen LogP contribution in [0.25, 0.3) is 0 Å². The molecule has 0 N–H and O–H groups in total. The van der Waals surface area contributed by atoms with Gasteiger partial charge in [-0.05, 0) is 6.92 Å². The van der Waals surface area contributed by atoms with Gasteiger partial charge in [-0.2, -0.15) is 0 Å². The predicted molar refractivity (Wildman–Crippen MR) is 30.3 cm³/mol. The van der Waals surface area contributed by atoms with E-state index in [2.05, 4.69) is 0 Å². The summed E-state index contributed by atoms with van der Waals surface area (Å²) >= 11 is 10.6. The van der Waals surface area contributed by atoms with Crippen molar-refractivity contribution in [1.82, 2.24) is 0 Å². The fraction of sp³-hybridized carbons (Fsp3) is 0.500. The Hall–Kier alpha value is 0.320. The van der Waals surface area contributed by atoms with Crippen molar-refractivity contribution in [3.05, 3.63) is 11.1 Å². The van der Waals surface area contributed by atoms with E-state index in [1.54, 1.807) is 13.0 Å². The normalized spacial score (nSPS) is 12.2. The molecule has 0 saturated carbocycles. The van der Waals surface area contributed by atoms with Crippen LogP contribution in [0.3, 0.4) is 0 Å². The van der Waals surface area contributed by atoms with E-state index in [9.17, 15) is 0 Å². The Kier molecular flexibility index (Phi) is 3.70. The van der Waals surface area contributed by atoms with Crippen molar-refractivity contribution in [2.45, 2.75) is 6.92 Å². The summed E-state index contributed by atoms with van der Waals surface area (Å²) in [5, 5.41) is 0.755. The summed E-state index contributed by atoms with van der Waals surface area (Å²) in [6, 6.07) is 0. The first-order valence-corrected chi connectivity index (χ1v) is 2.57. The molecule has 0 atom stereocenters. The first-order chi connectivity index (χ1) is 2.77. The first-order valence-electron chi connectivity index (χ1n) is 1.65. The highest BCUT2D eigenvalue weighted by Gasteiger charge is 1.71. The van der Waals surface area contributed by atoms with Crippen LogP contribution >= 0.6 is 23.2 Å². The van der Waals surface area contributed by atoms with Crippen LogP contribution in [-0.4, -0.2) is 5.88 Å². The minimum atomic E-state index is 0.509. The molecule has 36 valence electrons. The Morgan fingerprint density at radius 1 is 1.83 bits per heavy atom. The molecule has 6 heavy (non-hydrogen) atoms. The summed E-state index contributed by atoms with van der Waals surface area (Å²) in [5.41, 5.74) is 0. The van der Waals surface area contributed by atoms with Gasteiger partial charge in [0.2, 0.25) is 0 Å². The largest absolute Gasteiger partial charge is 0.122 e. The van der Waals surface area contributed by atoms with Gasteiger partial charge in [0.25, 0.3) is 0 Å². The molecule has 0 spiro atoms. The van der Waals surface area contributed by atoms with Crippen molar-refractivity contribution in [2.75, 3.05) is 5.88 Å². The molecule has 0 amide bonds. The Morgan fingerprint density at radius 2 is 2.33 bits per heavy atom. The molecule has 0 fully saturated rings. The summed E-state index contributed by atoms with van der Waals surface area (Å²) in [6.45, 7) is 1.80. The zero-order chi connectivity index (χ0) is 4.99. The Labute approximate surface area is 47.8 Å². The second-order valence-electron chi connectivity index (χ2n) is 0.945. The van der Waals surface area contributed by atoms with E-state index in [1.807, 2.05) is 0 Å². The van der Waals surface area contributed by atoms with Gasteiger partial charge < -0.3 is 0 Å². The van der Waals surface area contributed by atoms with E-state index in [-0.39, 0.29) is 0 Å². The lowest BCUT2D eigenvalue weighted by Crippen LogP contribution is -1.59. The average Bonchev–Trinajstić information content (AvgIpc) is 1.35. The third kappa shape index (κ3) is 4.32. The molecule has 0 radical (unpaired) electrons. The van der Waals surface area contributed by atoms with Gasteiger partial charge in [0.15, 0.2) is 0 Å². The summed E-state index contributed by atoms with van der Waals surface area (Å²) in [4.78, 5) is 0. The third-order valence-corrected chi connectivity index (χ3v) is 0.667. The summed E-state index contributed by atoms with van der Waals surface area (Å²) < 4.78 is 0. The molecule has 0 unspecified atom stereocenters. The lowest BCUT2D eigenvalue weighted by molar-refractivity contribution is 1.59. The molecular weight excluding hydrogens is 119 g/mol. The Bertz CT molecular complexity index is 52.6. The number of hydrogen-bond donors (Lipinski definition) is 0. The van der Waals surface area contributed by atoms with Crippen LogP contribution < -0.4 is 0 Å². The topological polar surface area (TPSA) is 0 Å². The van der Waals surface area contributed by atoms with Crippen LogP contribution in [0.1, 0.15) is 6.92 Å². The van der Waals surface area contributed by atoms with Crippen LogP contribution in [0.5, 0.6) is 0 Å². The molecule has 0 rings (SSSR count). The quantitative estimate of drug-likeness (QED) is 0.472. The number of rotatable bonds is 1. The molecule has 0 aromatic carbocycles. The highest BCUT2D eigenvalue weighted by molar-refractivity contribution is 6.30. The van der Waals surface area contributed by atoms with E-state index in [4.69, 9.17) is 23.2 Å². The lowest BCUT2D eigenvalue weighted by Gasteiger charge is -1.75. The fourth-order valence-electron chi connectivity index (χ4n) is 0.106. The van der Waals surface area contributed by atoms with E-state index in [1.165, 1.54) is 0 Å². The van der Waals surface area contributed by atoms with Crippen molar-refractivity contribution in [3.63, 3.8) is 0 Å². The van der Waals surface area contributed by atoms with Gasteiger partial charge in [0.05, 0.1) is 0 Å². The van der Waals surface area contributed by atoms with Crippen LogP contribution in [0.4, 0.5) is 0 Å². The van der Waals surface area contributed by atoms with Crippen molar-refractivity contribution in [2.24, 2.45) is 0 Å². The maximum atomic E-state index is 5.35. The zero-order valence-corrected chi connectivity index (χ0v) is 5.05. The van der Waals surface area contributed by atoms with E-state index >= 15 is 0 Å². The second kappa shape index (κ2) is 3.51. The first kappa shape index (κ1) is 6.32. The SMILES string of the molecule is C/C(Cl)=C\CCl. The molecular formula is C4H6Cl2. The average molecular weight is 125 g/mol. The van der Waals surface area contributed by atoms with Crippen molar-refractivity contribution in [3.8, 4) is 0 Å². The monoisotopic (exact) mass is 124 g/mol. The highest BCUT2D eigenvalue weighted by Crippen LogP contribution is 1.96. The maximum absolute atomic E-state index is 5.35. The molecule has 0 saturated heterocycles. The highest BCUT2D eigenvalue weighted by atomic mass is 35.5. The van der Waals surface area contributed by atoms with Crippen LogP contribution in [0.2, 0.25) is 0 Å². The van der Waals surface area contributed by atoms with Gasteiger partial charge in [0, 0.05) is 10.9 Å². The van der Waals surface area contributed by atoms with E-state index in [0.717, 1.165) is 5.03 Å². The minimum absolute atomic E-state index is 0.509.